The Kier molecular flexibility index (Phi) is 3.93. The van der Waals surface area contributed by atoms with E-state index in [1.165, 1.54) is 6.07 Å². The summed E-state index contributed by atoms with van der Waals surface area (Å²) >= 11 is 0. The van der Waals surface area contributed by atoms with E-state index in [2.05, 4.69) is 19.2 Å². The van der Waals surface area contributed by atoms with Crippen LogP contribution in [0.25, 0.3) is 0 Å². The van der Waals surface area contributed by atoms with Crippen molar-refractivity contribution < 1.29 is 4.39 Å². The molecule has 0 radical (unpaired) electrons. The lowest BCUT2D eigenvalue weighted by Gasteiger charge is -2.15. The van der Waals surface area contributed by atoms with E-state index in [9.17, 15) is 4.39 Å². The Morgan fingerprint density at radius 1 is 1.43 bits per heavy atom. The molecule has 0 aromatic heterocycles. The molecule has 0 bridgehead atoms. The van der Waals surface area contributed by atoms with Gasteiger partial charge in [-0.15, -0.1) is 0 Å². The molecule has 0 amide bonds. The molecule has 0 heterocycles. The monoisotopic (exact) mass is 195 g/mol. The largest absolute Gasteiger partial charge is 0.380 e. The van der Waals surface area contributed by atoms with Gasteiger partial charge >= 0.3 is 0 Å². The first-order valence-electron chi connectivity index (χ1n) is 5.16. The van der Waals surface area contributed by atoms with Gasteiger partial charge in [-0.1, -0.05) is 19.4 Å². The van der Waals surface area contributed by atoms with Crippen LogP contribution in [0.4, 0.5) is 10.1 Å². The summed E-state index contributed by atoms with van der Waals surface area (Å²) < 4.78 is 13.3. The lowest BCUT2D eigenvalue weighted by atomic mass is 10.1. The smallest absolute Gasteiger partial charge is 0.146 e. The van der Waals surface area contributed by atoms with Gasteiger partial charge in [-0.05, 0) is 38.0 Å². The fourth-order valence-electron chi connectivity index (χ4n) is 1.52. The van der Waals surface area contributed by atoms with E-state index >= 15 is 0 Å². The lowest BCUT2D eigenvalue weighted by molar-refractivity contribution is 0.620. The maximum atomic E-state index is 13.3. The molecule has 1 rings (SSSR count). The van der Waals surface area contributed by atoms with Crippen LogP contribution in [0.2, 0.25) is 0 Å². The van der Waals surface area contributed by atoms with Gasteiger partial charge < -0.3 is 5.32 Å². The van der Waals surface area contributed by atoms with E-state index in [1.807, 2.05) is 13.0 Å². The summed E-state index contributed by atoms with van der Waals surface area (Å²) in [5.74, 6) is -0.168. The zero-order chi connectivity index (χ0) is 10.6. The highest BCUT2D eigenvalue weighted by molar-refractivity contribution is 5.47. The average Bonchev–Trinajstić information content (AvgIpc) is 2.12. The molecule has 78 valence electrons. The van der Waals surface area contributed by atoms with E-state index in [0.29, 0.717) is 11.7 Å². The summed E-state index contributed by atoms with van der Waals surface area (Å²) in [6, 6.07) is 5.47. The van der Waals surface area contributed by atoms with E-state index < -0.39 is 0 Å². The van der Waals surface area contributed by atoms with Crippen molar-refractivity contribution in [3.63, 3.8) is 0 Å². The van der Waals surface area contributed by atoms with Gasteiger partial charge in [-0.2, -0.15) is 0 Å². The quantitative estimate of drug-likeness (QED) is 0.771. The van der Waals surface area contributed by atoms with Gasteiger partial charge in [0.25, 0.3) is 0 Å². The van der Waals surface area contributed by atoms with Gasteiger partial charge in [0.15, 0.2) is 0 Å². The second kappa shape index (κ2) is 4.99. The second-order valence-corrected chi connectivity index (χ2v) is 3.82. The molecular weight excluding hydrogens is 177 g/mol. The fourth-order valence-corrected chi connectivity index (χ4v) is 1.52. The second-order valence-electron chi connectivity index (χ2n) is 3.82. The molecule has 0 spiro atoms. The topological polar surface area (TPSA) is 12.0 Å². The van der Waals surface area contributed by atoms with Gasteiger partial charge in [0.2, 0.25) is 0 Å². The molecule has 1 aromatic carbocycles. The molecule has 0 aliphatic rings. The van der Waals surface area contributed by atoms with Crippen LogP contribution < -0.4 is 5.32 Å². The first-order valence-corrected chi connectivity index (χ1v) is 5.16. The van der Waals surface area contributed by atoms with Crippen LogP contribution in [0, 0.1) is 12.7 Å². The van der Waals surface area contributed by atoms with Gasteiger partial charge in [0.05, 0.1) is 5.69 Å². The molecule has 14 heavy (non-hydrogen) atoms. The first kappa shape index (κ1) is 11.0. The zero-order valence-electron chi connectivity index (χ0n) is 9.10. The number of benzene rings is 1. The Balaban J connectivity index is 2.70. The summed E-state index contributed by atoms with van der Waals surface area (Å²) in [7, 11) is 0. The molecule has 1 atom stereocenters. The van der Waals surface area contributed by atoms with Crippen molar-refractivity contribution in [1.29, 1.82) is 0 Å². The van der Waals surface area contributed by atoms with Gasteiger partial charge in [-0.25, -0.2) is 4.39 Å². The van der Waals surface area contributed by atoms with Crippen molar-refractivity contribution in [2.75, 3.05) is 5.32 Å². The number of hydrogen-bond acceptors (Lipinski definition) is 1. The normalized spacial score (nSPS) is 12.6. The maximum absolute atomic E-state index is 13.3. The molecule has 2 heteroatoms. The van der Waals surface area contributed by atoms with Crippen molar-refractivity contribution in [3.05, 3.63) is 29.6 Å². The Bertz CT molecular complexity index is 296. The number of hydrogen-bond donors (Lipinski definition) is 1. The number of aryl methyl sites for hydroxylation is 1. The van der Waals surface area contributed by atoms with Crippen molar-refractivity contribution in [2.45, 2.75) is 39.7 Å². The van der Waals surface area contributed by atoms with Crippen LogP contribution in [0.3, 0.4) is 0 Å². The highest BCUT2D eigenvalue weighted by atomic mass is 19.1. The summed E-state index contributed by atoms with van der Waals surface area (Å²) in [4.78, 5) is 0. The van der Waals surface area contributed by atoms with Gasteiger partial charge in [0, 0.05) is 6.04 Å². The van der Waals surface area contributed by atoms with E-state index in [-0.39, 0.29) is 5.82 Å². The van der Waals surface area contributed by atoms with E-state index in [1.54, 1.807) is 6.07 Å². The lowest BCUT2D eigenvalue weighted by Crippen LogP contribution is -2.15. The third kappa shape index (κ3) is 3.02. The highest BCUT2D eigenvalue weighted by Crippen LogP contribution is 2.17. The third-order valence-electron chi connectivity index (χ3n) is 2.25. The number of halogens is 1. The summed E-state index contributed by atoms with van der Waals surface area (Å²) in [6.45, 7) is 6.17. The Morgan fingerprint density at radius 3 is 2.79 bits per heavy atom. The van der Waals surface area contributed by atoms with Crippen LogP contribution in [0.1, 0.15) is 32.3 Å². The fraction of sp³-hybridized carbons (Fsp3) is 0.500. The molecule has 0 aliphatic heterocycles. The van der Waals surface area contributed by atoms with Crippen molar-refractivity contribution in [3.8, 4) is 0 Å². The van der Waals surface area contributed by atoms with Gasteiger partial charge in [0.1, 0.15) is 5.82 Å². The summed E-state index contributed by atoms with van der Waals surface area (Å²) in [5, 5.41) is 3.18. The number of nitrogens with one attached hydrogen (secondary N) is 1. The van der Waals surface area contributed by atoms with E-state index in [0.717, 1.165) is 18.4 Å². The molecular formula is C12H18FN. The predicted octanol–water partition coefficient (Wildman–Crippen LogP) is 3.73. The van der Waals surface area contributed by atoms with Crippen LogP contribution >= 0.6 is 0 Å². The van der Waals surface area contributed by atoms with Crippen molar-refractivity contribution in [2.24, 2.45) is 0 Å². The number of anilines is 1. The van der Waals surface area contributed by atoms with Crippen molar-refractivity contribution in [1.82, 2.24) is 0 Å². The van der Waals surface area contributed by atoms with Crippen LogP contribution in [-0.4, -0.2) is 6.04 Å². The molecule has 0 saturated heterocycles. The van der Waals surface area contributed by atoms with Crippen LogP contribution in [0.5, 0.6) is 0 Å². The summed E-state index contributed by atoms with van der Waals surface area (Å²) in [6.07, 6.45) is 2.18. The molecule has 1 unspecified atom stereocenters. The maximum Gasteiger partial charge on any atom is 0.146 e. The minimum Gasteiger partial charge on any atom is -0.380 e. The Labute approximate surface area is 85.3 Å². The predicted molar refractivity (Wildman–Crippen MR) is 59.1 cm³/mol. The minimum atomic E-state index is -0.168. The average molecular weight is 195 g/mol. The van der Waals surface area contributed by atoms with E-state index in [4.69, 9.17) is 0 Å². The van der Waals surface area contributed by atoms with Crippen LogP contribution in [-0.2, 0) is 0 Å². The molecule has 1 nitrogen and oxygen atoms in total. The molecule has 1 N–H and O–H groups in total. The number of rotatable bonds is 4. The molecule has 0 fully saturated rings. The third-order valence-corrected chi connectivity index (χ3v) is 2.25. The summed E-state index contributed by atoms with van der Waals surface area (Å²) in [5.41, 5.74) is 1.70. The Hall–Kier alpha value is -1.05. The standard InChI is InChI=1S/C12H18FN/c1-4-5-10(3)14-12-8-9(2)6-7-11(12)13/h6-8,10,14H,4-5H2,1-3H3. The molecule has 0 saturated carbocycles. The highest BCUT2D eigenvalue weighted by Gasteiger charge is 2.05. The zero-order valence-corrected chi connectivity index (χ0v) is 9.10. The van der Waals surface area contributed by atoms with Crippen LogP contribution in [0.15, 0.2) is 18.2 Å². The molecule has 1 aromatic rings. The Morgan fingerprint density at radius 2 is 2.14 bits per heavy atom. The SMILES string of the molecule is CCCC(C)Nc1cc(C)ccc1F. The minimum absolute atomic E-state index is 0.168. The van der Waals surface area contributed by atoms with Crippen molar-refractivity contribution >= 4 is 5.69 Å². The van der Waals surface area contributed by atoms with Gasteiger partial charge in [-0.3, -0.25) is 0 Å². The first-order chi connectivity index (χ1) is 6.63. The molecule has 0 aliphatic carbocycles.